The van der Waals surface area contributed by atoms with Gasteiger partial charge in [0, 0.05) is 21.0 Å². The summed E-state index contributed by atoms with van der Waals surface area (Å²) in [5, 5.41) is 15.6. The topological polar surface area (TPSA) is 67.5 Å². The molecule has 27 heavy (non-hydrogen) atoms. The van der Waals surface area contributed by atoms with Crippen molar-refractivity contribution >= 4 is 45.3 Å². The smallest absolute Gasteiger partial charge is 0.279 e. The first kappa shape index (κ1) is 19.1. The van der Waals surface area contributed by atoms with E-state index in [1.54, 1.807) is 12.3 Å². The molecule has 3 aromatic carbocycles. The van der Waals surface area contributed by atoms with Crippen molar-refractivity contribution in [3.05, 3.63) is 92.4 Å². The van der Waals surface area contributed by atoms with Gasteiger partial charge in [0.2, 0.25) is 0 Å². The van der Waals surface area contributed by atoms with Crippen LogP contribution in [0.1, 0.15) is 11.1 Å². The highest BCUT2D eigenvalue weighted by Gasteiger charge is 2.15. The van der Waals surface area contributed by atoms with Gasteiger partial charge in [-0.05, 0) is 49.4 Å². The van der Waals surface area contributed by atoms with Crippen molar-refractivity contribution in [3.63, 3.8) is 0 Å². The molecular formula is C20H16BrN3O2S. The minimum absolute atomic E-state index is 0.0631. The fourth-order valence-corrected chi connectivity index (χ4v) is 3.45. The van der Waals surface area contributed by atoms with Crippen LogP contribution in [0.25, 0.3) is 0 Å². The van der Waals surface area contributed by atoms with Gasteiger partial charge in [0.15, 0.2) is 0 Å². The molecule has 7 heteroatoms. The molecule has 136 valence electrons. The van der Waals surface area contributed by atoms with Crippen LogP contribution >= 0.6 is 27.7 Å². The Bertz CT molecular complexity index is 974. The Balaban J connectivity index is 1.76. The van der Waals surface area contributed by atoms with E-state index in [4.69, 9.17) is 0 Å². The van der Waals surface area contributed by atoms with Gasteiger partial charge in [0.25, 0.3) is 5.69 Å². The minimum atomic E-state index is -0.365. The third kappa shape index (κ3) is 5.42. The molecule has 0 fully saturated rings. The Labute approximate surface area is 169 Å². The molecule has 3 aromatic rings. The zero-order chi connectivity index (χ0) is 19.2. The number of halogens is 1. The van der Waals surface area contributed by atoms with E-state index >= 15 is 0 Å². The van der Waals surface area contributed by atoms with Gasteiger partial charge in [-0.15, -0.1) is 0 Å². The molecular weight excluding hydrogens is 426 g/mol. The Kier molecular flexibility index (Phi) is 6.26. The van der Waals surface area contributed by atoms with Crippen LogP contribution in [-0.4, -0.2) is 11.1 Å². The van der Waals surface area contributed by atoms with E-state index in [-0.39, 0.29) is 10.6 Å². The number of hydrogen-bond donors (Lipinski definition) is 1. The van der Waals surface area contributed by atoms with Crippen molar-refractivity contribution in [2.75, 3.05) is 5.43 Å². The summed E-state index contributed by atoms with van der Waals surface area (Å²) in [7, 11) is 0. The van der Waals surface area contributed by atoms with Crippen molar-refractivity contribution in [1.82, 2.24) is 0 Å². The fraction of sp³-hybridized carbons (Fsp3) is 0.0500. The van der Waals surface area contributed by atoms with Crippen LogP contribution in [0, 0.1) is 17.0 Å². The number of nitrogens with one attached hydrogen (secondary N) is 1. The van der Waals surface area contributed by atoms with Gasteiger partial charge in [-0.25, -0.2) is 0 Å². The minimum Gasteiger partial charge on any atom is -0.279 e. The highest BCUT2D eigenvalue weighted by atomic mass is 79.9. The molecule has 0 aliphatic carbocycles. The number of hydrogen-bond acceptors (Lipinski definition) is 5. The first-order valence-corrected chi connectivity index (χ1v) is 9.70. The van der Waals surface area contributed by atoms with Gasteiger partial charge in [0.1, 0.15) is 0 Å². The number of nitro benzene ring substituents is 1. The normalized spacial score (nSPS) is 10.9. The van der Waals surface area contributed by atoms with Gasteiger partial charge < -0.3 is 0 Å². The number of nitrogens with zero attached hydrogens (tertiary/aromatic N) is 2. The third-order valence-electron chi connectivity index (χ3n) is 3.68. The predicted molar refractivity (Wildman–Crippen MR) is 114 cm³/mol. The van der Waals surface area contributed by atoms with Crippen LogP contribution in [0.5, 0.6) is 0 Å². The summed E-state index contributed by atoms with van der Waals surface area (Å²) >= 11 is 4.75. The molecule has 0 amide bonds. The molecule has 3 rings (SSSR count). The van der Waals surface area contributed by atoms with Crippen LogP contribution in [-0.2, 0) is 0 Å². The zero-order valence-electron chi connectivity index (χ0n) is 14.4. The van der Waals surface area contributed by atoms with Crippen molar-refractivity contribution < 1.29 is 4.92 Å². The quantitative estimate of drug-likeness (QED) is 0.278. The lowest BCUT2D eigenvalue weighted by molar-refractivity contribution is -0.387. The molecule has 0 saturated carbocycles. The summed E-state index contributed by atoms with van der Waals surface area (Å²) in [4.78, 5) is 12.7. The molecule has 0 saturated heterocycles. The number of benzene rings is 3. The maximum atomic E-state index is 11.5. The molecule has 0 aliphatic rings. The summed E-state index contributed by atoms with van der Waals surface area (Å²) in [5.41, 5.74) is 5.60. The lowest BCUT2D eigenvalue weighted by Gasteiger charge is -2.05. The largest absolute Gasteiger partial charge is 0.283 e. The number of rotatable bonds is 6. The van der Waals surface area contributed by atoms with Gasteiger partial charge >= 0.3 is 0 Å². The summed E-state index contributed by atoms with van der Waals surface area (Å²) in [6.45, 7) is 2.01. The number of anilines is 1. The van der Waals surface area contributed by atoms with Crippen LogP contribution in [0.3, 0.4) is 0 Å². The second kappa shape index (κ2) is 8.83. The van der Waals surface area contributed by atoms with Crippen LogP contribution in [0.2, 0.25) is 0 Å². The standard InChI is InChI=1S/C20H16BrN3O2S/c1-14-2-9-18(10-3-14)27-20-11-4-15(12-19(20)24(25)26)13-22-23-17-7-5-16(21)6-8-17/h2-13,23H,1H3. The van der Waals surface area contributed by atoms with Crippen LogP contribution in [0.4, 0.5) is 11.4 Å². The molecule has 5 nitrogen and oxygen atoms in total. The molecule has 0 unspecified atom stereocenters. The van der Waals surface area contributed by atoms with Gasteiger partial charge in [-0.2, -0.15) is 5.10 Å². The second-order valence-corrected chi connectivity index (χ2v) is 7.81. The third-order valence-corrected chi connectivity index (χ3v) is 5.28. The average molecular weight is 442 g/mol. The molecule has 0 atom stereocenters. The van der Waals surface area contributed by atoms with Crippen molar-refractivity contribution in [2.24, 2.45) is 5.10 Å². The van der Waals surface area contributed by atoms with E-state index in [0.29, 0.717) is 10.5 Å². The zero-order valence-corrected chi connectivity index (χ0v) is 16.8. The lowest BCUT2D eigenvalue weighted by Crippen LogP contribution is -1.95. The average Bonchev–Trinajstić information content (AvgIpc) is 2.66. The Hall–Kier alpha value is -2.64. The maximum Gasteiger partial charge on any atom is 0.283 e. The number of nitro groups is 1. The molecule has 1 N–H and O–H groups in total. The van der Waals surface area contributed by atoms with Crippen LogP contribution < -0.4 is 5.43 Å². The summed E-state index contributed by atoms with van der Waals surface area (Å²) in [5.74, 6) is 0. The van der Waals surface area contributed by atoms with E-state index in [9.17, 15) is 10.1 Å². The van der Waals surface area contributed by atoms with E-state index in [0.717, 1.165) is 20.6 Å². The first-order chi connectivity index (χ1) is 13.0. The van der Waals surface area contributed by atoms with Gasteiger partial charge in [0.05, 0.1) is 21.7 Å². The Morgan fingerprint density at radius 1 is 1.07 bits per heavy atom. The van der Waals surface area contributed by atoms with Crippen molar-refractivity contribution in [2.45, 2.75) is 16.7 Å². The van der Waals surface area contributed by atoms with E-state index in [1.807, 2.05) is 61.5 Å². The van der Waals surface area contributed by atoms with Crippen LogP contribution in [0.15, 0.2) is 86.1 Å². The van der Waals surface area contributed by atoms with Gasteiger partial charge in [-0.3, -0.25) is 15.5 Å². The van der Waals surface area contributed by atoms with E-state index in [1.165, 1.54) is 17.8 Å². The van der Waals surface area contributed by atoms with Gasteiger partial charge in [-0.1, -0.05) is 51.5 Å². The molecule has 0 radical (unpaired) electrons. The van der Waals surface area contributed by atoms with Crippen molar-refractivity contribution in [3.8, 4) is 0 Å². The SMILES string of the molecule is Cc1ccc(Sc2ccc(C=NNc3ccc(Br)cc3)cc2[N+](=O)[O-])cc1. The highest BCUT2D eigenvalue weighted by molar-refractivity contribution is 9.10. The monoisotopic (exact) mass is 441 g/mol. The Morgan fingerprint density at radius 2 is 1.78 bits per heavy atom. The maximum absolute atomic E-state index is 11.5. The lowest BCUT2D eigenvalue weighted by atomic mass is 10.2. The number of hydrazone groups is 1. The molecule has 0 heterocycles. The second-order valence-electron chi connectivity index (χ2n) is 5.78. The molecule has 0 spiro atoms. The van der Waals surface area contributed by atoms with E-state index in [2.05, 4.69) is 26.5 Å². The Morgan fingerprint density at radius 3 is 2.44 bits per heavy atom. The highest BCUT2D eigenvalue weighted by Crippen LogP contribution is 2.35. The molecule has 0 bridgehead atoms. The van der Waals surface area contributed by atoms with Crippen molar-refractivity contribution in [1.29, 1.82) is 0 Å². The van der Waals surface area contributed by atoms with E-state index < -0.39 is 0 Å². The number of aryl methyl sites for hydroxylation is 1. The summed E-state index contributed by atoms with van der Waals surface area (Å²) in [6.07, 6.45) is 1.56. The summed E-state index contributed by atoms with van der Waals surface area (Å²) in [6, 6.07) is 20.6. The summed E-state index contributed by atoms with van der Waals surface area (Å²) < 4.78 is 0.981. The first-order valence-electron chi connectivity index (χ1n) is 8.09. The molecule has 0 aliphatic heterocycles. The molecule has 0 aromatic heterocycles. The predicted octanol–water partition coefficient (Wildman–Crippen LogP) is 6.26. The fourth-order valence-electron chi connectivity index (χ4n) is 2.28.